The summed E-state index contributed by atoms with van der Waals surface area (Å²) in [4.78, 5) is 13.2. The van der Waals surface area contributed by atoms with E-state index in [0.717, 1.165) is 0 Å². The maximum absolute atomic E-state index is 10.7. The average molecular weight is 154 g/mol. The van der Waals surface area contributed by atoms with Gasteiger partial charge in [0.1, 0.15) is 5.82 Å². The van der Waals surface area contributed by atoms with E-state index in [0.29, 0.717) is 11.4 Å². The van der Waals surface area contributed by atoms with Crippen LogP contribution in [0.25, 0.3) is 0 Å². The zero-order chi connectivity index (χ0) is 8.85. The molecule has 3 heteroatoms. The van der Waals surface area contributed by atoms with Crippen molar-refractivity contribution in [2.75, 3.05) is 5.73 Å². The molecular formula is C8H14N2O. The molecule has 0 aromatic carbocycles. The predicted molar refractivity (Wildman–Crippen MR) is 47.6 cm³/mol. The smallest absolute Gasteiger partial charge is 0.252 e. The van der Waals surface area contributed by atoms with Crippen molar-refractivity contribution in [3.8, 4) is 0 Å². The van der Waals surface area contributed by atoms with Gasteiger partial charge in [0, 0.05) is 5.56 Å². The Morgan fingerprint density at radius 1 is 1.36 bits per heavy atom. The van der Waals surface area contributed by atoms with Gasteiger partial charge in [0.2, 0.25) is 0 Å². The summed E-state index contributed by atoms with van der Waals surface area (Å²) in [6.45, 7) is 5.73. The first-order valence-corrected chi connectivity index (χ1v) is 3.65. The Bertz CT molecular complexity index is 265. The van der Waals surface area contributed by atoms with Gasteiger partial charge in [-0.2, -0.15) is 0 Å². The van der Waals surface area contributed by atoms with Crippen LogP contribution in [-0.2, 0) is 0 Å². The van der Waals surface area contributed by atoms with Crippen LogP contribution in [0.3, 0.4) is 0 Å². The Balaban J connectivity index is 0.000000461. The van der Waals surface area contributed by atoms with E-state index in [9.17, 15) is 4.79 Å². The van der Waals surface area contributed by atoms with E-state index >= 15 is 0 Å². The van der Waals surface area contributed by atoms with Crippen LogP contribution in [0.2, 0.25) is 0 Å². The monoisotopic (exact) mass is 154 g/mol. The fourth-order valence-corrected chi connectivity index (χ4v) is 0.562. The molecular weight excluding hydrogens is 140 g/mol. The standard InChI is InChI=1S/C6H8N2O.C2H6/c1-4-2-3-5(7)8-6(4)9;1-2/h2-3H,1H3,(H3,7,8,9);1-2H3. The van der Waals surface area contributed by atoms with Crippen LogP contribution in [0, 0.1) is 6.92 Å². The molecule has 62 valence electrons. The summed E-state index contributed by atoms with van der Waals surface area (Å²) in [5.41, 5.74) is 5.84. The predicted octanol–water partition coefficient (Wildman–Crippen LogP) is 1.29. The van der Waals surface area contributed by atoms with E-state index in [1.54, 1.807) is 19.1 Å². The molecule has 0 radical (unpaired) electrons. The molecule has 3 nitrogen and oxygen atoms in total. The Labute approximate surface area is 66.3 Å². The highest BCUT2D eigenvalue weighted by atomic mass is 16.1. The average Bonchev–Trinajstić information content (AvgIpc) is 2.02. The summed E-state index contributed by atoms with van der Waals surface area (Å²) >= 11 is 0. The van der Waals surface area contributed by atoms with E-state index in [1.807, 2.05) is 13.8 Å². The topological polar surface area (TPSA) is 58.9 Å². The van der Waals surface area contributed by atoms with E-state index in [1.165, 1.54) is 0 Å². The number of hydrogen-bond acceptors (Lipinski definition) is 2. The molecule has 11 heavy (non-hydrogen) atoms. The van der Waals surface area contributed by atoms with Gasteiger partial charge in [-0.1, -0.05) is 19.9 Å². The van der Waals surface area contributed by atoms with Gasteiger partial charge in [-0.25, -0.2) is 0 Å². The van der Waals surface area contributed by atoms with Crippen LogP contribution in [0.1, 0.15) is 19.4 Å². The van der Waals surface area contributed by atoms with Gasteiger partial charge in [0.25, 0.3) is 5.56 Å². The summed E-state index contributed by atoms with van der Waals surface area (Å²) in [5.74, 6) is 0.408. The van der Waals surface area contributed by atoms with Gasteiger partial charge in [0.15, 0.2) is 0 Å². The summed E-state index contributed by atoms with van der Waals surface area (Å²) in [5, 5.41) is 0. The van der Waals surface area contributed by atoms with Crippen LogP contribution in [-0.4, -0.2) is 4.98 Å². The lowest BCUT2D eigenvalue weighted by Gasteiger charge is -1.91. The number of aromatic amines is 1. The highest BCUT2D eigenvalue weighted by Gasteiger charge is 1.89. The fraction of sp³-hybridized carbons (Fsp3) is 0.375. The van der Waals surface area contributed by atoms with E-state index < -0.39 is 0 Å². The second-order valence-corrected chi connectivity index (χ2v) is 1.93. The van der Waals surface area contributed by atoms with Crippen molar-refractivity contribution >= 4 is 5.82 Å². The Hall–Kier alpha value is -1.25. The van der Waals surface area contributed by atoms with Crippen LogP contribution >= 0.6 is 0 Å². The molecule has 0 saturated heterocycles. The lowest BCUT2D eigenvalue weighted by Crippen LogP contribution is -2.10. The number of nitrogen functional groups attached to an aromatic ring is 1. The van der Waals surface area contributed by atoms with E-state index in [2.05, 4.69) is 4.98 Å². The first kappa shape index (κ1) is 9.75. The van der Waals surface area contributed by atoms with Crippen molar-refractivity contribution in [2.24, 2.45) is 0 Å². The lowest BCUT2D eigenvalue weighted by atomic mass is 10.3. The number of nitrogens with one attached hydrogen (secondary N) is 1. The third-order valence-electron chi connectivity index (χ3n) is 1.13. The Kier molecular flexibility index (Phi) is 4.03. The molecule has 0 fully saturated rings. The molecule has 3 N–H and O–H groups in total. The maximum atomic E-state index is 10.7. The SMILES string of the molecule is CC.Cc1ccc(N)[nH]c1=O. The van der Waals surface area contributed by atoms with Gasteiger partial charge in [0.05, 0.1) is 0 Å². The highest BCUT2D eigenvalue weighted by Crippen LogP contribution is 1.91. The summed E-state index contributed by atoms with van der Waals surface area (Å²) in [6, 6.07) is 3.35. The molecule has 0 aliphatic rings. The zero-order valence-corrected chi connectivity index (χ0v) is 7.14. The van der Waals surface area contributed by atoms with Gasteiger partial charge >= 0.3 is 0 Å². The van der Waals surface area contributed by atoms with Crippen molar-refractivity contribution in [1.29, 1.82) is 0 Å². The van der Waals surface area contributed by atoms with Gasteiger partial charge in [-0.3, -0.25) is 4.79 Å². The summed E-state index contributed by atoms with van der Waals surface area (Å²) in [7, 11) is 0. The minimum atomic E-state index is -0.116. The van der Waals surface area contributed by atoms with Crippen LogP contribution < -0.4 is 11.3 Å². The van der Waals surface area contributed by atoms with Crippen molar-refractivity contribution in [3.05, 3.63) is 28.0 Å². The molecule has 0 aliphatic carbocycles. The molecule has 1 heterocycles. The third-order valence-corrected chi connectivity index (χ3v) is 1.13. The number of pyridine rings is 1. The number of aromatic nitrogens is 1. The quantitative estimate of drug-likeness (QED) is 0.591. The number of nitrogens with two attached hydrogens (primary N) is 1. The highest BCUT2D eigenvalue weighted by molar-refractivity contribution is 5.28. The minimum Gasteiger partial charge on any atom is -0.385 e. The molecule has 1 aromatic rings. The molecule has 0 aliphatic heterocycles. The molecule has 0 atom stereocenters. The Morgan fingerprint density at radius 2 is 1.91 bits per heavy atom. The van der Waals surface area contributed by atoms with Crippen molar-refractivity contribution in [2.45, 2.75) is 20.8 Å². The number of H-pyrrole nitrogens is 1. The first-order chi connectivity index (χ1) is 5.20. The lowest BCUT2D eigenvalue weighted by molar-refractivity contribution is 1.19. The van der Waals surface area contributed by atoms with Gasteiger partial charge in [-0.05, 0) is 13.0 Å². The van der Waals surface area contributed by atoms with Crippen LogP contribution in [0.5, 0.6) is 0 Å². The zero-order valence-electron chi connectivity index (χ0n) is 7.14. The largest absolute Gasteiger partial charge is 0.385 e. The van der Waals surface area contributed by atoms with Crippen LogP contribution in [0.4, 0.5) is 5.82 Å². The molecule has 0 spiro atoms. The van der Waals surface area contributed by atoms with E-state index in [-0.39, 0.29) is 5.56 Å². The van der Waals surface area contributed by atoms with Crippen molar-refractivity contribution in [3.63, 3.8) is 0 Å². The second kappa shape index (κ2) is 4.55. The minimum absolute atomic E-state index is 0.116. The molecule has 0 bridgehead atoms. The molecule has 1 aromatic heterocycles. The maximum Gasteiger partial charge on any atom is 0.252 e. The van der Waals surface area contributed by atoms with Gasteiger partial charge < -0.3 is 10.7 Å². The van der Waals surface area contributed by atoms with Crippen LogP contribution in [0.15, 0.2) is 16.9 Å². The molecule has 0 saturated carbocycles. The summed E-state index contributed by atoms with van der Waals surface area (Å²) < 4.78 is 0. The molecule has 1 rings (SSSR count). The first-order valence-electron chi connectivity index (χ1n) is 3.65. The van der Waals surface area contributed by atoms with E-state index in [4.69, 9.17) is 5.73 Å². The fourth-order valence-electron chi connectivity index (χ4n) is 0.562. The summed E-state index contributed by atoms with van der Waals surface area (Å²) in [6.07, 6.45) is 0. The molecule has 0 amide bonds. The van der Waals surface area contributed by atoms with Crippen molar-refractivity contribution in [1.82, 2.24) is 4.98 Å². The van der Waals surface area contributed by atoms with Gasteiger partial charge in [-0.15, -0.1) is 0 Å². The molecule has 0 unspecified atom stereocenters. The number of hydrogen-bond donors (Lipinski definition) is 2. The normalized spacial score (nSPS) is 8.27. The van der Waals surface area contributed by atoms with Crippen molar-refractivity contribution < 1.29 is 0 Å². The third kappa shape index (κ3) is 2.89. The number of rotatable bonds is 0. The Morgan fingerprint density at radius 3 is 2.27 bits per heavy atom. The second-order valence-electron chi connectivity index (χ2n) is 1.93. The number of anilines is 1. The number of aryl methyl sites for hydroxylation is 1.